The molecule has 5 rings (SSSR count). The molecule has 3 N–H and O–H groups in total. The highest BCUT2D eigenvalue weighted by molar-refractivity contribution is 6.02. The molecule has 2 unspecified atom stereocenters. The number of hydrogen-bond acceptors (Lipinski definition) is 8. The molecule has 2 aromatic carbocycles. The number of carboxylic acids is 1. The number of anilines is 1. The average Bonchev–Trinajstić information content (AvgIpc) is 3.63. The van der Waals surface area contributed by atoms with Gasteiger partial charge >= 0.3 is 5.97 Å². The Morgan fingerprint density at radius 2 is 1.79 bits per heavy atom. The maximum atomic E-state index is 13.8. The number of hydrogen-bond donors (Lipinski definition) is 3. The summed E-state index contributed by atoms with van der Waals surface area (Å²) < 4.78 is 5.67. The van der Waals surface area contributed by atoms with E-state index in [1.807, 2.05) is 19.1 Å². The van der Waals surface area contributed by atoms with Gasteiger partial charge in [0.05, 0.1) is 24.2 Å². The van der Waals surface area contributed by atoms with Crippen LogP contribution in [0, 0.1) is 24.2 Å². The van der Waals surface area contributed by atoms with Crippen LogP contribution in [0.15, 0.2) is 52.9 Å². The molecule has 2 amide bonds. The van der Waals surface area contributed by atoms with Gasteiger partial charge in [0.15, 0.2) is 5.78 Å². The van der Waals surface area contributed by atoms with E-state index in [2.05, 4.69) is 16.7 Å². The first kappa shape index (κ1) is 29.8. The first-order valence-corrected chi connectivity index (χ1v) is 14.6. The number of ketones is 1. The molecule has 0 saturated carbocycles. The number of likely N-dealkylation sites (tertiary alicyclic amines) is 2. The van der Waals surface area contributed by atoms with Crippen LogP contribution in [0.2, 0.25) is 0 Å². The first-order chi connectivity index (χ1) is 20.7. The van der Waals surface area contributed by atoms with E-state index in [1.54, 1.807) is 21.9 Å². The Labute approximate surface area is 249 Å². The molecule has 3 atom stereocenters. The van der Waals surface area contributed by atoms with Crippen molar-refractivity contribution in [2.24, 2.45) is 5.92 Å². The van der Waals surface area contributed by atoms with Crippen LogP contribution < -0.4 is 10.6 Å². The predicted octanol–water partition coefficient (Wildman–Crippen LogP) is 3.79. The number of fused-ring (bicyclic) bond motifs is 1. The van der Waals surface area contributed by atoms with Gasteiger partial charge in [-0.3, -0.25) is 19.7 Å². The van der Waals surface area contributed by atoms with Crippen LogP contribution in [-0.2, 0) is 9.59 Å². The third-order valence-corrected chi connectivity index (χ3v) is 8.06. The largest absolute Gasteiger partial charge is 0.478 e. The summed E-state index contributed by atoms with van der Waals surface area (Å²) in [6.45, 7) is 3.68. The molecule has 11 nitrogen and oxygen atoms in total. The van der Waals surface area contributed by atoms with Crippen molar-refractivity contribution in [1.29, 1.82) is 5.26 Å². The molecule has 2 fully saturated rings. The third-order valence-electron chi connectivity index (χ3n) is 8.06. The monoisotopic (exact) mass is 585 g/mol. The molecule has 3 aromatic rings. The molecule has 0 spiro atoms. The van der Waals surface area contributed by atoms with Gasteiger partial charge in [0.1, 0.15) is 23.4 Å². The highest BCUT2D eigenvalue weighted by atomic mass is 16.4. The van der Waals surface area contributed by atoms with Crippen LogP contribution in [0.3, 0.4) is 0 Å². The SMILES string of the molecule is Cc1cc2cc(NC(N[C@H]3CCCCN(CC(=O)N4CCCC4)C3=O)C(C#N)C(=O)c3cccc(C(=O)O)c3)ccc2o1. The Balaban J connectivity index is 1.43. The molecule has 0 radical (unpaired) electrons. The number of furan rings is 1. The van der Waals surface area contributed by atoms with Crippen molar-refractivity contribution in [3.8, 4) is 6.07 Å². The second-order valence-corrected chi connectivity index (χ2v) is 11.2. The minimum atomic E-state index is -1.32. The summed E-state index contributed by atoms with van der Waals surface area (Å²) in [5.74, 6) is -2.69. The van der Waals surface area contributed by atoms with E-state index in [4.69, 9.17) is 4.42 Å². The van der Waals surface area contributed by atoms with Crippen molar-refractivity contribution in [3.05, 3.63) is 65.4 Å². The van der Waals surface area contributed by atoms with Gasteiger partial charge in [-0.1, -0.05) is 12.1 Å². The lowest BCUT2D eigenvalue weighted by Gasteiger charge is -2.31. The van der Waals surface area contributed by atoms with E-state index >= 15 is 0 Å². The maximum Gasteiger partial charge on any atom is 0.335 e. The van der Waals surface area contributed by atoms with Gasteiger partial charge in [0, 0.05) is 36.3 Å². The highest BCUT2D eigenvalue weighted by Crippen LogP contribution is 2.25. The zero-order valence-corrected chi connectivity index (χ0v) is 24.0. The third kappa shape index (κ3) is 6.87. The van der Waals surface area contributed by atoms with Crippen molar-refractivity contribution in [1.82, 2.24) is 15.1 Å². The fourth-order valence-electron chi connectivity index (χ4n) is 5.80. The van der Waals surface area contributed by atoms with E-state index in [1.165, 1.54) is 24.3 Å². The molecule has 1 aromatic heterocycles. The first-order valence-electron chi connectivity index (χ1n) is 14.6. The smallest absolute Gasteiger partial charge is 0.335 e. The van der Waals surface area contributed by atoms with Gasteiger partial charge in [0.25, 0.3) is 0 Å². The summed E-state index contributed by atoms with van der Waals surface area (Å²) in [6.07, 6.45) is 2.82. The molecule has 2 aliphatic heterocycles. The van der Waals surface area contributed by atoms with E-state index in [9.17, 15) is 29.5 Å². The standard InChI is InChI=1S/C32H35N5O6/c1-20-15-23-17-24(10-11-27(23)43-20)34-30(25(18-33)29(39)21-7-6-8-22(16-21)32(41)42)35-26-9-2-3-14-37(31(26)40)19-28(38)36-12-4-5-13-36/h6-8,10-11,15-17,25-26,30,34-35H,2-5,9,12-14,19H2,1H3,(H,41,42)/t25?,26-,30?/m0/s1. The fraction of sp³-hybridized carbons (Fsp3) is 0.406. The van der Waals surface area contributed by atoms with Gasteiger partial charge in [-0.2, -0.15) is 5.26 Å². The summed E-state index contributed by atoms with van der Waals surface area (Å²) in [6, 6.07) is 14.1. The molecule has 0 aliphatic carbocycles. The Hall–Kier alpha value is -4.69. The second-order valence-electron chi connectivity index (χ2n) is 11.2. The van der Waals surface area contributed by atoms with E-state index in [0.717, 1.165) is 36.8 Å². The summed E-state index contributed by atoms with van der Waals surface area (Å²) in [5.41, 5.74) is 1.28. The fourth-order valence-corrected chi connectivity index (χ4v) is 5.80. The summed E-state index contributed by atoms with van der Waals surface area (Å²) >= 11 is 0. The minimum absolute atomic E-state index is 0.00575. The van der Waals surface area contributed by atoms with Gasteiger partial charge in [-0.25, -0.2) is 4.79 Å². The molecule has 2 saturated heterocycles. The lowest BCUT2D eigenvalue weighted by atomic mass is 9.93. The normalized spacial score (nSPS) is 18.6. The molecule has 224 valence electrons. The molecule has 2 aliphatic rings. The van der Waals surface area contributed by atoms with Crippen LogP contribution in [-0.4, -0.2) is 76.9 Å². The number of carboxylic acid groups (broad SMARTS) is 1. The zero-order valence-electron chi connectivity index (χ0n) is 24.0. The van der Waals surface area contributed by atoms with Crippen molar-refractivity contribution < 1.29 is 28.7 Å². The highest BCUT2D eigenvalue weighted by Gasteiger charge is 2.36. The number of nitrogens with one attached hydrogen (secondary N) is 2. The van der Waals surface area contributed by atoms with Crippen molar-refractivity contribution in [3.63, 3.8) is 0 Å². The number of nitrogens with zero attached hydrogens (tertiary/aromatic N) is 3. The molecule has 43 heavy (non-hydrogen) atoms. The van der Waals surface area contributed by atoms with Crippen molar-refractivity contribution in [2.45, 2.75) is 51.2 Å². The van der Waals surface area contributed by atoms with Gasteiger partial charge in [0.2, 0.25) is 11.8 Å². The summed E-state index contributed by atoms with van der Waals surface area (Å²) in [5, 5.41) is 27.0. The number of Topliss-reactive ketones (excluding diaryl/α,β-unsaturated/α-hetero) is 1. The van der Waals surface area contributed by atoms with Crippen LogP contribution in [0.4, 0.5) is 5.69 Å². The van der Waals surface area contributed by atoms with E-state index < -0.39 is 29.9 Å². The molecule has 3 heterocycles. The molecular weight excluding hydrogens is 550 g/mol. The van der Waals surface area contributed by atoms with Crippen LogP contribution >= 0.6 is 0 Å². The molecular formula is C32H35N5O6. The number of nitriles is 1. The molecule has 11 heteroatoms. The summed E-state index contributed by atoms with van der Waals surface area (Å²) in [7, 11) is 0. The Bertz CT molecular complexity index is 1570. The predicted molar refractivity (Wildman–Crippen MR) is 158 cm³/mol. The Kier molecular flexibility index (Phi) is 9.07. The Morgan fingerprint density at radius 3 is 2.53 bits per heavy atom. The average molecular weight is 586 g/mol. The number of aryl methyl sites for hydroxylation is 1. The zero-order chi connectivity index (χ0) is 30.5. The topological polar surface area (TPSA) is 156 Å². The maximum absolute atomic E-state index is 13.8. The van der Waals surface area contributed by atoms with Crippen molar-refractivity contribution in [2.75, 3.05) is 31.5 Å². The van der Waals surface area contributed by atoms with E-state index in [0.29, 0.717) is 37.3 Å². The molecule has 0 bridgehead atoms. The number of carbonyl (C=O) groups is 4. The van der Waals surface area contributed by atoms with E-state index in [-0.39, 0.29) is 29.5 Å². The quantitative estimate of drug-likeness (QED) is 0.238. The van der Waals surface area contributed by atoms with Crippen LogP contribution in [0.5, 0.6) is 0 Å². The van der Waals surface area contributed by atoms with Crippen LogP contribution in [0.25, 0.3) is 11.0 Å². The van der Waals surface area contributed by atoms with Crippen molar-refractivity contribution >= 4 is 40.2 Å². The van der Waals surface area contributed by atoms with Gasteiger partial charge in [-0.05, 0) is 75.4 Å². The Morgan fingerprint density at radius 1 is 1.05 bits per heavy atom. The van der Waals surface area contributed by atoms with Gasteiger partial charge in [-0.15, -0.1) is 0 Å². The number of rotatable bonds is 10. The number of benzene rings is 2. The minimum Gasteiger partial charge on any atom is -0.478 e. The van der Waals surface area contributed by atoms with Crippen LogP contribution in [0.1, 0.15) is 58.6 Å². The lowest BCUT2D eigenvalue weighted by molar-refractivity contribution is -0.140. The second kappa shape index (κ2) is 13.1. The summed E-state index contributed by atoms with van der Waals surface area (Å²) in [4.78, 5) is 55.2. The van der Waals surface area contributed by atoms with Gasteiger partial charge < -0.3 is 24.6 Å². The number of amides is 2. The number of carbonyl (C=O) groups excluding carboxylic acids is 3. The lowest BCUT2D eigenvalue weighted by Crippen LogP contribution is -2.55. The number of aromatic carboxylic acids is 1.